The Morgan fingerprint density at radius 2 is 1.78 bits per heavy atom. The van der Waals surface area contributed by atoms with Crippen molar-refractivity contribution in [3.8, 4) is 0 Å². The van der Waals surface area contributed by atoms with Crippen molar-refractivity contribution in [1.82, 2.24) is 5.32 Å². The van der Waals surface area contributed by atoms with Gasteiger partial charge in [-0.25, -0.2) is 0 Å². The molecular formula is C14H27ClN2O. The van der Waals surface area contributed by atoms with Crippen molar-refractivity contribution in [3.05, 3.63) is 0 Å². The van der Waals surface area contributed by atoms with Crippen LogP contribution in [0.2, 0.25) is 0 Å². The lowest BCUT2D eigenvalue weighted by Crippen LogP contribution is -2.39. The Labute approximate surface area is 117 Å². The number of nitrogens with two attached hydrogens (primary N) is 1. The number of carbonyl (C=O) groups is 1. The number of hydrogen-bond acceptors (Lipinski definition) is 2. The number of rotatable bonds is 3. The van der Waals surface area contributed by atoms with Gasteiger partial charge in [0.15, 0.2) is 0 Å². The van der Waals surface area contributed by atoms with E-state index in [1.807, 2.05) is 0 Å². The molecular weight excluding hydrogens is 248 g/mol. The van der Waals surface area contributed by atoms with Crippen LogP contribution in [-0.2, 0) is 4.79 Å². The SMILES string of the molecule is Cl.NC1CCCC(C(=O)NCC2CCCCC2)C1. The molecule has 2 fully saturated rings. The highest BCUT2D eigenvalue weighted by molar-refractivity contribution is 5.85. The molecule has 0 aromatic carbocycles. The van der Waals surface area contributed by atoms with Crippen molar-refractivity contribution >= 4 is 18.3 Å². The highest BCUT2D eigenvalue weighted by Gasteiger charge is 2.25. The molecule has 0 bridgehead atoms. The summed E-state index contributed by atoms with van der Waals surface area (Å²) in [6, 6.07) is 0.245. The van der Waals surface area contributed by atoms with Crippen LogP contribution in [0.1, 0.15) is 57.8 Å². The number of amides is 1. The van der Waals surface area contributed by atoms with Gasteiger partial charge < -0.3 is 11.1 Å². The van der Waals surface area contributed by atoms with Crippen LogP contribution in [0.15, 0.2) is 0 Å². The predicted octanol–water partition coefficient (Wildman–Crippen LogP) is 2.62. The summed E-state index contributed by atoms with van der Waals surface area (Å²) < 4.78 is 0. The van der Waals surface area contributed by atoms with Crippen LogP contribution < -0.4 is 11.1 Å². The third-order valence-electron chi connectivity index (χ3n) is 4.38. The minimum atomic E-state index is 0. The second-order valence-electron chi connectivity index (χ2n) is 5.87. The molecule has 2 aliphatic carbocycles. The minimum absolute atomic E-state index is 0. The third-order valence-corrected chi connectivity index (χ3v) is 4.38. The van der Waals surface area contributed by atoms with E-state index >= 15 is 0 Å². The molecule has 106 valence electrons. The van der Waals surface area contributed by atoms with E-state index in [-0.39, 0.29) is 30.3 Å². The van der Waals surface area contributed by atoms with Gasteiger partial charge in [-0.3, -0.25) is 4.79 Å². The zero-order valence-corrected chi connectivity index (χ0v) is 12.0. The van der Waals surface area contributed by atoms with Crippen molar-refractivity contribution in [2.24, 2.45) is 17.6 Å². The molecule has 3 nitrogen and oxygen atoms in total. The molecule has 0 heterocycles. The topological polar surface area (TPSA) is 55.1 Å². The summed E-state index contributed by atoms with van der Waals surface area (Å²) in [5, 5.41) is 3.15. The zero-order valence-electron chi connectivity index (χ0n) is 11.2. The molecule has 18 heavy (non-hydrogen) atoms. The van der Waals surface area contributed by atoms with E-state index in [4.69, 9.17) is 5.73 Å². The summed E-state index contributed by atoms with van der Waals surface area (Å²) in [5.74, 6) is 1.16. The smallest absolute Gasteiger partial charge is 0.223 e. The minimum Gasteiger partial charge on any atom is -0.356 e. The van der Waals surface area contributed by atoms with E-state index in [1.165, 1.54) is 32.1 Å². The van der Waals surface area contributed by atoms with Crippen LogP contribution in [0.3, 0.4) is 0 Å². The molecule has 0 aliphatic heterocycles. The largest absolute Gasteiger partial charge is 0.356 e. The van der Waals surface area contributed by atoms with Gasteiger partial charge in [-0.15, -0.1) is 12.4 Å². The van der Waals surface area contributed by atoms with Gasteiger partial charge in [0.25, 0.3) is 0 Å². The second kappa shape index (κ2) is 8.00. The van der Waals surface area contributed by atoms with Crippen molar-refractivity contribution in [1.29, 1.82) is 0 Å². The molecule has 2 aliphatic rings. The molecule has 0 aromatic heterocycles. The molecule has 1 amide bonds. The summed E-state index contributed by atoms with van der Waals surface area (Å²) >= 11 is 0. The van der Waals surface area contributed by atoms with E-state index in [2.05, 4.69) is 5.32 Å². The summed E-state index contributed by atoms with van der Waals surface area (Å²) in [5.41, 5.74) is 5.92. The van der Waals surface area contributed by atoms with Gasteiger partial charge in [0.1, 0.15) is 0 Å². The van der Waals surface area contributed by atoms with Crippen LogP contribution in [0, 0.1) is 11.8 Å². The molecule has 2 atom stereocenters. The first kappa shape index (κ1) is 15.8. The summed E-state index contributed by atoms with van der Waals surface area (Å²) in [6.45, 7) is 0.893. The molecule has 0 aromatic rings. The molecule has 4 heteroatoms. The lowest BCUT2D eigenvalue weighted by Gasteiger charge is -2.27. The second-order valence-corrected chi connectivity index (χ2v) is 5.87. The normalized spacial score (nSPS) is 29.4. The van der Waals surface area contributed by atoms with Crippen molar-refractivity contribution < 1.29 is 4.79 Å². The lowest BCUT2D eigenvalue weighted by molar-refractivity contribution is -0.126. The van der Waals surface area contributed by atoms with Crippen LogP contribution in [0.4, 0.5) is 0 Å². The van der Waals surface area contributed by atoms with E-state index in [0.29, 0.717) is 0 Å². The Balaban J connectivity index is 0.00000162. The number of nitrogens with one attached hydrogen (secondary N) is 1. The Bertz CT molecular complexity index is 254. The van der Waals surface area contributed by atoms with Gasteiger partial charge in [0.05, 0.1) is 0 Å². The first-order chi connectivity index (χ1) is 8.25. The van der Waals surface area contributed by atoms with E-state index in [9.17, 15) is 4.79 Å². The van der Waals surface area contributed by atoms with Gasteiger partial charge in [0.2, 0.25) is 5.91 Å². The average Bonchev–Trinajstić information content (AvgIpc) is 2.37. The fourth-order valence-corrected chi connectivity index (χ4v) is 3.25. The monoisotopic (exact) mass is 274 g/mol. The quantitative estimate of drug-likeness (QED) is 0.831. The molecule has 3 N–H and O–H groups in total. The van der Waals surface area contributed by atoms with E-state index in [1.54, 1.807) is 0 Å². The molecule has 2 rings (SSSR count). The lowest BCUT2D eigenvalue weighted by atomic mass is 9.85. The standard InChI is InChI=1S/C14H26N2O.ClH/c15-13-8-4-7-12(9-13)14(17)16-10-11-5-2-1-3-6-11;/h11-13H,1-10,15H2,(H,16,17);1H. The van der Waals surface area contributed by atoms with Crippen LogP contribution in [-0.4, -0.2) is 18.5 Å². The Morgan fingerprint density at radius 1 is 1.06 bits per heavy atom. The Morgan fingerprint density at radius 3 is 2.44 bits per heavy atom. The molecule has 2 unspecified atom stereocenters. The molecule has 0 radical (unpaired) electrons. The highest BCUT2D eigenvalue weighted by Crippen LogP contribution is 2.25. The number of hydrogen-bond donors (Lipinski definition) is 2. The first-order valence-electron chi connectivity index (χ1n) is 7.29. The highest BCUT2D eigenvalue weighted by atomic mass is 35.5. The van der Waals surface area contributed by atoms with E-state index in [0.717, 1.165) is 38.1 Å². The first-order valence-corrected chi connectivity index (χ1v) is 7.29. The average molecular weight is 275 g/mol. The van der Waals surface area contributed by atoms with Gasteiger partial charge in [-0.1, -0.05) is 25.7 Å². The maximum atomic E-state index is 12.0. The van der Waals surface area contributed by atoms with Gasteiger partial charge in [0, 0.05) is 18.5 Å². The van der Waals surface area contributed by atoms with Crippen LogP contribution >= 0.6 is 12.4 Å². The van der Waals surface area contributed by atoms with Crippen LogP contribution in [0.25, 0.3) is 0 Å². The van der Waals surface area contributed by atoms with Crippen molar-refractivity contribution in [2.75, 3.05) is 6.54 Å². The Hall–Kier alpha value is -0.280. The zero-order chi connectivity index (χ0) is 12.1. The van der Waals surface area contributed by atoms with Gasteiger partial charge in [-0.05, 0) is 38.0 Å². The third kappa shape index (κ3) is 4.77. The molecule has 0 saturated heterocycles. The Kier molecular flexibility index (Phi) is 7.02. The summed E-state index contributed by atoms with van der Waals surface area (Å²) in [7, 11) is 0. The van der Waals surface area contributed by atoms with Gasteiger partial charge >= 0.3 is 0 Å². The molecule has 0 spiro atoms. The predicted molar refractivity (Wildman–Crippen MR) is 76.8 cm³/mol. The maximum Gasteiger partial charge on any atom is 0.223 e. The fourth-order valence-electron chi connectivity index (χ4n) is 3.25. The van der Waals surface area contributed by atoms with E-state index < -0.39 is 0 Å². The summed E-state index contributed by atoms with van der Waals surface area (Å²) in [6.07, 6.45) is 10.8. The maximum absolute atomic E-state index is 12.0. The molecule has 2 saturated carbocycles. The number of halogens is 1. The number of carbonyl (C=O) groups excluding carboxylic acids is 1. The summed E-state index contributed by atoms with van der Waals surface area (Å²) in [4.78, 5) is 12.0. The van der Waals surface area contributed by atoms with Crippen LogP contribution in [0.5, 0.6) is 0 Å². The van der Waals surface area contributed by atoms with Gasteiger partial charge in [-0.2, -0.15) is 0 Å². The van der Waals surface area contributed by atoms with Crippen molar-refractivity contribution in [2.45, 2.75) is 63.8 Å². The fraction of sp³-hybridized carbons (Fsp3) is 0.929. The van der Waals surface area contributed by atoms with Crippen molar-refractivity contribution in [3.63, 3.8) is 0 Å².